The molecule has 160 valence electrons. The first-order valence-electron chi connectivity index (χ1n) is 10.3. The second kappa shape index (κ2) is 8.26. The van der Waals surface area contributed by atoms with Crippen LogP contribution in [0.25, 0.3) is 0 Å². The van der Waals surface area contributed by atoms with Gasteiger partial charge < -0.3 is 15.4 Å². The fourth-order valence-electron chi connectivity index (χ4n) is 3.78. The zero-order valence-corrected chi connectivity index (χ0v) is 17.8. The Morgan fingerprint density at radius 3 is 2.45 bits per heavy atom. The van der Waals surface area contributed by atoms with Crippen LogP contribution >= 0.6 is 0 Å². The molecule has 31 heavy (non-hydrogen) atoms. The molecule has 2 N–H and O–H groups in total. The fraction of sp³-hybridized carbons (Fsp3) is 0.292. The zero-order valence-electron chi connectivity index (χ0n) is 17.8. The SMILES string of the molecule is Cc1ccc([C@H]2NC(=O)N(CC(=O)Nc3ccc(C(C)C)cc3)C3=C2C(=O)OC3)cc1. The summed E-state index contributed by atoms with van der Waals surface area (Å²) in [4.78, 5) is 39.2. The second-order valence-electron chi connectivity index (χ2n) is 8.14. The Kier molecular flexibility index (Phi) is 5.50. The van der Waals surface area contributed by atoms with Crippen LogP contribution in [-0.2, 0) is 14.3 Å². The largest absolute Gasteiger partial charge is 0.456 e. The van der Waals surface area contributed by atoms with Crippen LogP contribution in [0.15, 0.2) is 59.8 Å². The predicted molar refractivity (Wildman–Crippen MR) is 116 cm³/mol. The molecule has 0 unspecified atom stereocenters. The molecule has 0 saturated carbocycles. The van der Waals surface area contributed by atoms with Gasteiger partial charge in [0.15, 0.2) is 0 Å². The summed E-state index contributed by atoms with van der Waals surface area (Å²) in [6.45, 7) is 5.92. The molecule has 0 bridgehead atoms. The van der Waals surface area contributed by atoms with Crippen LogP contribution < -0.4 is 10.6 Å². The normalized spacial score (nSPS) is 18.1. The summed E-state index contributed by atoms with van der Waals surface area (Å²) in [6.07, 6.45) is 0. The van der Waals surface area contributed by atoms with Crippen molar-refractivity contribution >= 4 is 23.6 Å². The molecule has 7 nitrogen and oxygen atoms in total. The lowest BCUT2D eigenvalue weighted by Crippen LogP contribution is -2.49. The number of amides is 3. The Bertz CT molecular complexity index is 1060. The number of ether oxygens (including phenoxy) is 1. The molecule has 3 amide bonds. The van der Waals surface area contributed by atoms with E-state index in [1.807, 2.05) is 55.5 Å². The minimum atomic E-state index is -0.596. The molecular formula is C24H25N3O4. The van der Waals surface area contributed by atoms with Gasteiger partial charge in [-0.15, -0.1) is 0 Å². The third-order valence-corrected chi connectivity index (χ3v) is 5.57. The molecule has 0 spiro atoms. The van der Waals surface area contributed by atoms with Crippen LogP contribution in [0.3, 0.4) is 0 Å². The standard InChI is InChI=1S/C24H25N3O4/c1-14(2)16-8-10-18(11-9-16)25-20(28)12-27-19-13-31-23(29)21(19)22(26-24(27)30)17-6-4-15(3)5-7-17/h4-11,14,22H,12-13H2,1-3H3,(H,25,28)(H,26,30)/t22-/m1/s1. The fourth-order valence-corrected chi connectivity index (χ4v) is 3.78. The molecule has 2 aliphatic rings. The molecular weight excluding hydrogens is 394 g/mol. The number of aryl methyl sites for hydroxylation is 1. The number of rotatable bonds is 5. The van der Waals surface area contributed by atoms with Crippen molar-refractivity contribution < 1.29 is 19.1 Å². The molecule has 0 radical (unpaired) electrons. The van der Waals surface area contributed by atoms with Gasteiger partial charge in [0.05, 0.1) is 17.3 Å². The van der Waals surface area contributed by atoms with E-state index < -0.39 is 18.0 Å². The van der Waals surface area contributed by atoms with Crippen LogP contribution in [-0.4, -0.2) is 36.0 Å². The molecule has 2 heterocycles. The van der Waals surface area contributed by atoms with Gasteiger partial charge in [-0.25, -0.2) is 9.59 Å². The highest BCUT2D eigenvalue weighted by Crippen LogP contribution is 2.35. The highest BCUT2D eigenvalue weighted by Gasteiger charge is 2.42. The second-order valence-corrected chi connectivity index (χ2v) is 8.14. The first-order chi connectivity index (χ1) is 14.8. The molecule has 2 aromatic rings. The number of nitrogens with one attached hydrogen (secondary N) is 2. The van der Waals surface area contributed by atoms with Gasteiger partial charge in [-0.1, -0.05) is 55.8 Å². The third kappa shape index (κ3) is 4.17. The van der Waals surface area contributed by atoms with E-state index in [9.17, 15) is 14.4 Å². The third-order valence-electron chi connectivity index (χ3n) is 5.57. The van der Waals surface area contributed by atoms with Gasteiger partial charge in [0.1, 0.15) is 13.2 Å². The Morgan fingerprint density at radius 1 is 1.13 bits per heavy atom. The molecule has 0 aromatic heterocycles. The number of hydrogen-bond donors (Lipinski definition) is 2. The average Bonchev–Trinajstić information content (AvgIpc) is 3.12. The van der Waals surface area contributed by atoms with E-state index in [-0.39, 0.29) is 19.1 Å². The van der Waals surface area contributed by atoms with Gasteiger partial charge >= 0.3 is 12.0 Å². The number of hydrogen-bond acceptors (Lipinski definition) is 4. The molecule has 2 aromatic carbocycles. The maximum atomic E-state index is 12.8. The summed E-state index contributed by atoms with van der Waals surface area (Å²) >= 11 is 0. The van der Waals surface area contributed by atoms with E-state index in [1.165, 1.54) is 10.5 Å². The highest BCUT2D eigenvalue weighted by atomic mass is 16.5. The quantitative estimate of drug-likeness (QED) is 0.725. The summed E-state index contributed by atoms with van der Waals surface area (Å²) in [5.74, 6) is -0.434. The van der Waals surface area contributed by atoms with Crippen LogP contribution in [0.1, 0.15) is 42.5 Å². The smallest absolute Gasteiger partial charge is 0.338 e. The number of esters is 1. The monoisotopic (exact) mass is 419 g/mol. The minimum absolute atomic E-state index is 0.0275. The molecule has 0 aliphatic carbocycles. The Morgan fingerprint density at radius 2 is 1.81 bits per heavy atom. The van der Waals surface area contributed by atoms with Gasteiger partial charge in [-0.2, -0.15) is 0 Å². The molecule has 0 fully saturated rings. The molecule has 1 atom stereocenters. The molecule has 2 aliphatic heterocycles. The lowest BCUT2D eigenvalue weighted by molar-refractivity contribution is -0.136. The van der Waals surface area contributed by atoms with E-state index in [1.54, 1.807) is 0 Å². The lowest BCUT2D eigenvalue weighted by atomic mass is 9.95. The average molecular weight is 419 g/mol. The van der Waals surface area contributed by atoms with Crippen molar-refractivity contribution in [1.82, 2.24) is 10.2 Å². The number of nitrogens with zero attached hydrogens (tertiary/aromatic N) is 1. The zero-order chi connectivity index (χ0) is 22.1. The van der Waals surface area contributed by atoms with Crippen molar-refractivity contribution in [2.24, 2.45) is 0 Å². The summed E-state index contributed by atoms with van der Waals surface area (Å²) in [6, 6.07) is 14.2. The lowest BCUT2D eigenvalue weighted by Gasteiger charge is -2.32. The van der Waals surface area contributed by atoms with Gasteiger partial charge in [0, 0.05) is 5.69 Å². The van der Waals surface area contributed by atoms with Crippen molar-refractivity contribution in [1.29, 1.82) is 0 Å². The molecule has 4 rings (SSSR count). The van der Waals surface area contributed by atoms with Gasteiger partial charge in [-0.3, -0.25) is 9.69 Å². The molecule has 0 saturated heterocycles. The Balaban J connectivity index is 1.54. The summed E-state index contributed by atoms with van der Waals surface area (Å²) in [5.41, 5.74) is 4.50. The van der Waals surface area contributed by atoms with Crippen LogP contribution in [0.5, 0.6) is 0 Å². The summed E-state index contributed by atoms with van der Waals surface area (Å²) in [5, 5.41) is 5.65. The minimum Gasteiger partial charge on any atom is -0.456 e. The van der Waals surface area contributed by atoms with Crippen molar-refractivity contribution in [3.8, 4) is 0 Å². The van der Waals surface area contributed by atoms with Crippen LogP contribution in [0.2, 0.25) is 0 Å². The number of urea groups is 1. The van der Waals surface area contributed by atoms with Crippen LogP contribution in [0, 0.1) is 6.92 Å². The summed E-state index contributed by atoms with van der Waals surface area (Å²) < 4.78 is 5.21. The predicted octanol–water partition coefficient (Wildman–Crippen LogP) is 3.63. The first kappa shape index (κ1) is 20.7. The Labute approximate surface area is 181 Å². The van der Waals surface area contributed by atoms with Crippen molar-refractivity contribution in [3.63, 3.8) is 0 Å². The first-order valence-corrected chi connectivity index (χ1v) is 10.3. The van der Waals surface area contributed by atoms with E-state index in [4.69, 9.17) is 4.74 Å². The number of benzene rings is 2. The number of cyclic esters (lactones) is 1. The van der Waals surface area contributed by atoms with E-state index in [0.29, 0.717) is 22.9 Å². The Hall–Kier alpha value is -3.61. The van der Waals surface area contributed by atoms with Crippen LogP contribution in [0.4, 0.5) is 10.5 Å². The van der Waals surface area contributed by atoms with Crippen molar-refractivity contribution in [2.75, 3.05) is 18.5 Å². The summed E-state index contributed by atoms with van der Waals surface area (Å²) in [7, 11) is 0. The van der Waals surface area contributed by atoms with Crippen molar-refractivity contribution in [3.05, 3.63) is 76.5 Å². The van der Waals surface area contributed by atoms with Gasteiger partial charge in [0.2, 0.25) is 5.91 Å². The highest BCUT2D eigenvalue weighted by molar-refractivity contribution is 6.00. The van der Waals surface area contributed by atoms with E-state index >= 15 is 0 Å². The number of carbonyl (C=O) groups is 3. The maximum absolute atomic E-state index is 12.8. The number of carbonyl (C=O) groups excluding carboxylic acids is 3. The van der Waals surface area contributed by atoms with Crippen molar-refractivity contribution in [2.45, 2.75) is 32.7 Å². The molecule has 7 heteroatoms. The number of anilines is 1. The maximum Gasteiger partial charge on any atom is 0.338 e. The van der Waals surface area contributed by atoms with Gasteiger partial charge in [-0.05, 0) is 36.1 Å². The van der Waals surface area contributed by atoms with E-state index in [2.05, 4.69) is 24.5 Å². The van der Waals surface area contributed by atoms with Gasteiger partial charge in [0.25, 0.3) is 0 Å². The topological polar surface area (TPSA) is 87.7 Å². The van der Waals surface area contributed by atoms with E-state index in [0.717, 1.165) is 11.1 Å².